The quantitative estimate of drug-likeness (QED) is 0.579. The first-order valence-corrected chi connectivity index (χ1v) is 4.89. The van der Waals surface area contributed by atoms with Gasteiger partial charge in [-0.1, -0.05) is 0 Å². The maximum Gasteiger partial charge on any atom is 0.314 e. The van der Waals surface area contributed by atoms with Crippen molar-refractivity contribution < 1.29 is 17.8 Å². The standard InChI is InChI=1S/C5H12N2O4S/c1-7(5(6)8)3-2-4-12(9,10)11/h2-4H2,1H3,(H2,6,8)(H,9,10,11). The average molecular weight is 196 g/mol. The molecule has 0 aromatic heterocycles. The summed E-state index contributed by atoms with van der Waals surface area (Å²) in [4.78, 5) is 11.6. The zero-order valence-electron chi connectivity index (χ0n) is 6.73. The van der Waals surface area contributed by atoms with Crippen LogP contribution in [0.4, 0.5) is 4.79 Å². The number of carbonyl (C=O) groups excluding carboxylic acids is 1. The van der Waals surface area contributed by atoms with Gasteiger partial charge in [-0.2, -0.15) is 8.42 Å². The topological polar surface area (TPSA) is 101 Å². The van der Waals surface area contributed by atoms with E-state index in [1.165, 1.54) is 11.9 Å². The van der Waals surface area contributed by atoms with E-state index in [1.807, 2.05) is 0 Å². The van der Waals surface area contributed by atoms with Gasteiger partial charge < -0.3 is 10.6 Å². The molecule has 0 rings (SSSR count). The minimum atomic E-state index is -3.92. The smallest absolute Gasteiger partial charge is 0.314 e. The van der Waals surface area contributed by atoms with Gasteiger partial charge in [-0.3, -0.25) is 4.55 Å². The highest BCUT2D eigenvalue weighted by atomic mass is 32.2. The molecule has 0 atom stereocenters. The first kappa shape index (κ1) is 11.2. The molecule has 6 nitrogen and oxygen atoms in total. The lowest BCUT2D eigenvalue weighted by molar-refractivity contribution is 0.218. The van der Waals surface area contributed by atoms with E-state index in [0.29, 0.717) is 0 Å². The molecule has 0 aromatic rings. The van der Waals surface area contributed by atoms with Crippen LogP contribution in [0.1, 0.15) is 6.42 Å². The lowest BCUT2D eigenvalue weighted by Crippen LogP contribution is -2.33. The predicted octanol–water partition coefficient (Wildman–Crippen LogP) is -0.725. The Morgan fingerprint density at radius 3 is 2.42 bits per heavy atom. The molecule has 0 saturated carbocycles. The molecule has 0 saturated heterocycles. The fourth-order valence-corrected chi connectivity index (χ4v) is 1.09. The number of urea groups is 1. The van der Waals surface area contributed by atoms with Crippen molar-refractivity contribution in [2.75, 3.05) is 19.3 Å². The van der Waals surface area contributed by atoms with E-state index in [-0.39, 0.29) is 18.7 Å². The zero-order chi connectivity index (χ0) is 9.78. The highest BCUT2D eigenvalue weighted by molar-refractivity contribution is 7.85. The molecule has 0 unspecified atom stereocenters. The van der Waals surface area contributed by atoms with Crippen LogP contribution in [0.5, 0.6) is 0 Å². The molecule has 0 fully saturated rings. The lowest BCUT2D eigenvalue weighted by Gasteiger charge is -2.12. The molecule has 0 aliphatic heterocycles. The lowest BCUT2D eigenvalue weighted by atomic mass is 10.4. The molecule has 7 heteroatoms. The van der Waals surface area contributed by atoms with Gasteiger partial charge in [0.1, 0.15) is 0 Å². The Hall–Kier alpha value is -0.820. The van der Waals surface area contributed by atoms with Gasteiger partial charge in [0.25, 0.3) is 10.1 Å². The number of hydrogen-bond donors (Lipinski definition) is 2. The predicted molar refractivity (Wildman–Crippen MR) is 43.2 cm³/mol. The third-order valence-corrected chi connectivity index (χ3v) is 2.08. The van der Waals surface area contributed by atoms with Gasteiger partial charge in [-0.15, -0.1) is 0 Å². The van der Waals surface area contributed by atoms with Gasteiger partial charge in [0.2, 0.25) is 0 Å². The van der Waals surface area contributed by atoms with Gasteiger partial charge in [0.05, 0.1) is 5.75 Å². The molecule has 0 bridgehead atoms. The maximum absolute atomic E-state index is 10.4. The summed E-state index contributed by atoms with van der Waals surface area (Å²) in [6, 6.07) is -0.620. The fourth-order valence-electron chi connectivity index (χ4n) is 0.594. The third-order valence-electron chi connectivity index (χ3n) is 1.27. The normalized spacial score (nSPS) is 11.2. The van der Waals surface area contributed by atoms with Gasteiger partial charge in [0, 0.05) is 13.6 Å². The first-order valence-electron chi connectivity index (χ1n) is 3.28. The fraction of sp³-hybridized carbons (Fsp3) is 0.800. The first-order chi connectivity index (χ1) is 5.33. The van der Waals surface area contributed by atoms with Crippen LogP contribution in [0, 0.1) is 0 Å². The van der Waals surface area contributed by atoms with E-state index in [0.717, 1.165) is 0 Å². The Kier molecular flexibility index (Phi) is 3.98. The van der Waals surface area contributed by atoms with Crippen LogP contribution in [0.25, 0.3) is 0 Å². The van der Waals surface area contributed by atoms with Crippen molar-refractivity contribution in [2.24, 2.45) is 5.73 Å². The number of nitrogens with two attached hydrogens (primary N) is 1. The van der Waals surface area contributed by atoms with Crippen LogP contribution < -0.4 is 5.73 Å². The summed E-state index contributed by atoms with van der Waals surface area (Å²) < 4.78 is 28.7. The number of hydrogen-bond acceptors (Lipinski definition) is 3. The van der Waals surface area contributed by atoms with Crippen LogP contribution in [0.15, 0.2) is 0 Å². The van der Waals surface area contributed by atoms with E-state index in [1.54, 1.807) is 0 Å². The van der Waals surface area contributed by atoms with Crippen molar-refractivity contribution in [3.8, 4) is 0 Å². The second-order valence-corrected chi connectivity index (χ2v) is 3.97. The summed E-state index contributed by atoms with van der Waals surface area (Å²) in [7, 11) is -2.47. The highest BCUT2D eigenvalue weighted by Gasteiger charge is 2.07. The Labute approximate surface area is 71.1 Å². The second-order valence-electron chi connectivity index (χ2n) is 2.40. The van der Waals surface area contributed by atoms with Crippen molar-refractivity contribution in [3.63, 3.8) is 0 Å². The van der Waals surface area contributed by atoms with Crippen molar-refractivity contribution in [1.29, 1.82) is 0 Å². The minimum absolute atomic E-state index is 0.179. The Morgan fingerprint density at radius 2 is 2.08 bits per heavy atom. The number of amides is 2. The summed E-state index contributed by atoms with van der Waals surface area (Å²) in [5.41, 5.74) is 4.86. The molecule has 0 radical (unpaired) electrons. The molecule has 0 aliphatic carbocycles. The summed E-state index contributed by atoms with van der Waals surface area (Å²) >= 11 is 0. The highest BCUT2D eigenvalue weighted by Crippen LogP contribution is 1.91. The molecule has 0 aromatic carbocycles. The summed E-state index contributed by atoms with van der Waals surface area (Å²) in [6.07, 6.45) is 0.179. The number of primary amides is 1. The van der Waals surface area contributed by atoms with Gasteiger partial charge in [-0.25, -0.2) is 4.79 Å². The second kappa shape index (κ2) is 4.27. The Morgan fingerprint density at radius 1 is 1.58 bits per heavy atom. The molecular formula is C5H12N2O4S. The van der Waals surface area contributed by atoms with Crippen LogP contribution in [-0.4, -0.2) is 43.2 Å². The van der Waals surface area contributed by atoms with Crippen LogP contribution in [-0.2, 0) is 10.1 Å². The zero-order valence-corrected chi connectivity index (χ0v) is 7.54. The summed E-state index contributed by atoms with van der Waals surface area (Å²) in [5.74, 6) is -0.357. The largest absolute Gasteiger partial charge is 0.351 e. The molecule has 12 heavy (non-hydrogen) atoms. The molecule has 72 valence electrons. The molecule has 2 amide bonds. The summed E-state index contributed by atoms with van der Waals surface area (Å²) in [6.45, 7) is 0.217. The minimum Gasteiger partial charge on any atom is -0.351 e. The molecular weight excluding hydrogens is 184 g/mol. The van der Waals surface area contributed by atoms with E-state index < -0.39 is 16.1 Å². The van der Waals surface area contributed by atoms with Crippen LogP contribution in [0.2, 0.25) is 0 Å². The molecule has 0 spiro atoms. The van der Waals surface area contributed by atoms with E-state index >= 15 is 0 Å². The van der Waals surface area contributed by atoms with Crippen LogP contribution in [0.3, 0.4) is 0 Å². The van der Waals surface area contributed by atoms with Crippen molar-refractivity contribution >= 4 is 16.1 Å². The van der Waals surface area contributed by atoms with E-state index in [2.05, 4.69) is 0 Å². The van der Waals surface area contributed by atoms with Gasteiger partial charge >= 0.3 is 6.03 Å². The van der Waals surface area contributed by atoms with Crippen molar-refractivity contribution in [1.82, 2.24) is 4.90 Å². The van der Waals surface area contributed by atoms with Crippen LogP contribution >= 0.6 is 0 Å². The average Bonchev–Trinajstić information content (AvgIpc) is 1.84. The van der Waals surface area contributed by atoms with Gasteiger partial charge in [-0.05, 0) is 6.42 Å². The van der Waals surface area contributed by atoms with E-state index in [9.17, 15) is 13.2 Å². The third kappa shape index (κ3) is 5.93. The molecule has 0 heterocycles. The summed E-state index contributed by atoms with van der Waals surface area (Å²) in [5, 5.41) is 0. The number of carbonyl (C=O) groups is 1. The monoisotopic (exact) mass is 196 g/mol. The van der Waals surface area contributed by atoms with Gasteiger partial charge in [0.15, 0.2) is 0 Å². The van der Waals surface area contributed by atoms with Crippen molar-refractivity contribution in [3.05, 3.63) is 0 Å². The van der Waals surface area contributed by atoms with Crippen molar-refractivity contribution in [2.45, 2.75) is 6.42 Å². The maximum atomic E-state index is 10.4. The molecule has 3 N–H and O–H groups in total. The number of rotatable bonds is 4. The Balaban J connectivity index is 3.65. The Bertz CT molecular complexity index is 248. The van der Waals surface area contributed by atoms with E-state index in [4.69, 9.17) is 10.3 Å². The number of nitrogens with zero attached hydrogens (tertiary/aromatic N) is 1. The SMILES string of the molecule is CN(CCCS(=O)(=O)O)C(N)=O. The molecule has 0 aliphatic rings.